The van der Waals surface area contributed by atoms with E-state index in [4.69, 9.17) is 5.73 Å². The number of rotatable bonds is 1. The topological polar surface area (TPSA) is 56.7 Å². The lowest BCUT2D eigenvalue weighted by Gasteiger charge is -2.05. The molecule has 3 aromatic rings. The summed E-state index contributed by atoms with van der Waals surface area (Å²) in [6.45, 7) is 2.04. The molecule has 2 heterocycles. The number of aromatic nitrogens is 3. The summed E-state index contributed by atoms with van der Waals surface area (Å²) in [6, 6.07) is 9.81. The molecule has 4 nitrogen and oxygen atoms in total. The van der Waals surface area contributed by atoms with Crippen molar-refractivity contribution in [3.8, 4) is 5.69 Å². The van der Waals surface area contributed by atoms with Crippen molar-refractivity contribution in [2.75, 3.05) is 5.73 Å². The number of nitrogen functional groups attached to an aromatic ring is 1. The number of anilines is 1. The van der Waals surface area contributed by atoms with Gasteiger partial charge in [0.2, 0.25) is 0 Å². The minimum Gasteiger partial charge on any atom is -0.382 e. The molecule has 18 heavy (non-hydrogen) atoms. The molecule has 90 valence electrons. The molecule has 0 bridgehead atoms. The first kappa shape index (κ1) is 11.2. The molecule has 0 fully saturated rings. The van der Waals surface area contributed by atoms with Crippen LogP contribution in [0.3, 0.4) is 0 Å². The van der Waals surface area contributed by atoms with Crippen molar-refractivity contribution < 1.29 is 0 Å². The van der Waals surface area contributed by atoms with Gasteiger partial charge in [-0.15, -0.1) is 5.10 Å². The van der Waals surface area contributed by atoms with Gasteiger partial charge in [-0.05, 0) is 42.8 Å². The molecule has 0 saturated carbocycles. The van der Waals surface area contributed by atoms with Crippen LogP contribution in [0.5, 0.6) is 0 Å². The normalized spacial score (nSPS) is 11.0. The van der Waals surface area contributed by atoms with E-state index in [0.29, 0.717) is 5.82 Å². The third-order valence-corrected chi connectivity index (χ3v) is 3.75. The van der Waals surface area contributed by atoms with Crippen LogP contribution in [0, 0.1) is 6.92 Å². The first-order chi connectivity index (χ1) is 8.66. The van der Waals surface area contributed by atoms with E-state index in [0.717, 1.165) is 26.8 Å². The lowest BCUT2D eigenvalue weighted by atomic mass is 10.2. The van der Waals surface area contributed by atoms with E-state index in [1.807, 2.05) is 37.3 Å². The molecule has 2 N–H and O–H groups in total. The number of hydrogen-bond donors (Lipinski definition) is 1. The van der Waals surface area contributed by atoms with E-state index in [9.17, 15) is 0 Å². The van der Waals surface area contributed by atoms with Gasteiger partial charge in [0.25, 0.3) is 0 Å². The molecule has 0 unspecified atom stereocenters. The predicted octanol–water partition coefficient (Wildman–Crippen LogP) is 3.07. The maximum absolute atomic E-state index is 5.90. The van der Waals surface area contributed by atoms with Crippen molar-refractivity contribution in [3.05, 3.63) is 46.6 Å². The van der Waals surface area contributed by atoms with Crippen LogP contribution in [0.4, 0.5) is 5.82 Å². The van der Waals surface area contributed by atoms with Gasteiger partial charge in [0, 0.05) is 10.7 Å². The van der Waals surface area contributed by atoms with E-state index < -0.39 is 0 Å². The largest absolute Gasteiger partial charge is 0.382 e. The highest BCUT2D eigenvalue weighted by atomic mass is 79.9. The highest BCUT2D eigenvalue weighted by molar-refractivity contribution is 9.10. The summed E-state index contributed by atoms with van der Waals surface area (Å²) >= 11 is 3.49. The summed E-state index contributed by atoms with van der Waals surface area (Å²) in [5.41, 5.74) is 8.77. The number of aryl methyl sites for hydroxylation is 1. The van der Waals surface area contributed by atoms with Gasteiger partial charge in [-0.2, -0.15) is 0 Å². The highest BCUT2D eigenvalue weighted by Crippen LogP contribution is 2.24. The summed E-state index contributed by atoms with van der Waals surface area (Å²) in [7, 11) is 0. The number of nitrogens with zero attached hydrogens (tertiary/aromatic N) is 3. The summed E-state index contributed by atoms with van der Waals surface area (Å²) in [5.74, 6) is 0.499. The van der Waals surface area contributed by atoms with Gasteiger partial charge < -0.3 is 5.73 Å². The Morgan fingerprint density at radius 3 is 2.89 bits per heavy atom. The zero-order valence-corrected chi connectivity index (χ0v) is 11.3. The number of halogens is 1. The van der Waals surface area contributed by atoms with E-state index in [-0.39, 0.29) is 0 Å². The van der Waals surface area contributed by atoms with E-state index in [1.165, 1.54) is 0 Å². The van der Waals surface area contributed by atoms with Gasteiger partial charge >= 0.3 is 0 Å². The highest BCUT2D eigenvalue weighted by Gasteiger charge is 2.10. The maximum atomic E-state index is 5.90. The van der Waals surface area contributed by atoms with Gasteiger partial charge in [0.15, 0.2) is 11.5 Å². The summed E-state index contributed by atoms with van der Waals surface area (Å²) in [6.07, 6.45) is 1.74. The minimum atomic E-state index is 0.499. The van der Waals surface area contributed by atoms with Crippen LogP contribution in [-0.2, 0) is 0 Å². The van der Waals surface area contributed by atoms with Crippen LogP contribution in [0.15, 0.2) is 41.0 Å². The van der Waals surface area contributed by atoms with Crippen molar-refractivity contribution in [2.24, 2.45) is 0 Å². The minimum absolute atomic E-state index is 0.499. The standard InChI is InChI=1S/C13H11BrN4/c1-8-7-9(4-5-11(8)14)18-13-10(12(15)17-18)3-2-6-16-13/h2-7H,1H3,(H2,15,17). The molecule has 0 amide bonds. The van der Waals surface area contributed by atoms with Crippen molar-refractivity contribution in [1.29, 1.82) is 0 Å². The zero-order valence-electron chi connectivity index (χ0n) is 9.76. The molecule has 0 atom stereocenters. The number of pyridine rings is 1. The SMILES string of the molecule is Cc1cc(-n2nc(N)c3cccnc32)ccc1Br. The Bertz CT molecular complexity index is 733. The fraction of sp³-hybridized carbons (Fsp3) is 0.0769. The van der Waals surface area contributed by atoms with Crippen molar-refractivity contribution in [2.45, 2.75) is 6.92 Å². The van der Waals surface area contributed by atoms with E-state index >= 15 is 0 Å². The van der Waals surface area contributed by atoms with E-state index in [1.54, 1.807) is 10.9 Å². The smallest absolute Gasteiger partial charge is 0.165 e. The quantitative estimate of drug-likeness (QED) is 0.751. The van der Waals surface area contributed by atoms with E-state index in [2.05, 4.69) is 26.0 Å². The Balaban J connectivity index is 2.28. The summed E-state index contributed by atoms with van der Waals surface area (Å²) < 4.78 is 2.84. The molecular weight excluding hydrogens is 292 g/mol. The molecule has 5 heteroatoms. The predicted molar refractivity (Wildman–Crippen MR) is 75.7 cm³/mol. The lowest BCUT2D eigenvalue weighted by molar-refractivity contribution is 0.901. The molecule has 0 saturated heterocycles. The molecule has 0 spiro atoms. The Hall–Kier alpha value is -1.88. The second-order valence-electron chi connectivity index (χ2n) is 4.11. The van der Waals surface area contributed by atoms with Crippen molar-refractivity contribution in [3.63, 3.8) is 0 Å². The first-order valence-corrected chi connectivity index (χ1v) is 6.32. The lowest BCUT2D eigenvalue weighted by Crippen LogP contribution is -1.98. The Labute approximate surface area is 113 Å². The average molecular weight is 303 g/mol. The summed E-state index contributed by atoms with van der Waals surface area (Å²) in [4.78, 5) is 4.34. The zero-order chi connectivity index (χ0) is 12.7. The van der Waals surface area contributed by atoms with Gasteiger partial charge in [0.1, 0.15) is 0 Å². The molecular formula is C13H11BrN4. The van der Waals surface area contributed by atoms with Crippen molar-refractivity contribution in [1.82, 2.24) is 14.8 Å². The monoisotopic (exact) mass is 302 g/mol. The molecule has 1 aromatic carbocycles. The van der Waals surface area contributed by atoms with Crippen LogP contribution in [-0.4, -0.2) is 14.8 Å². The molecule has 2 aromatic heterocycles. The second kappa shape index (κ2) is 4.10. The van der Waals surface area contributed by atoms with Gasteiger partial charge in [-0.25, -0.2) is 9.67 Å². The van der Waals surface area contributed by atoms with Crippen LogP contribution < -0.4 is 5.73 Å². The molecule has 0 radical (unpaired) electrons. The van der Waals surface area contributed by atoms with Gasteiger partial charge in [0.05, 0.1) is 11.1 Å². The third-order valence-electron chi connectivity index (χ3n) is 2.86. The Morgan fingerprint density at radius 2 is 2.11 bits per heavy atom. The Kier molecular flexibility index (Phi) is 2.56. The number of nitrogens with two attached hydrogens (primary N) is 1. The average Bonchev–Trinajstić information content (AvgIpc) is 2.71. The van der Waals surface area contributed by atoms with Crippen LogP contribution in [0.25, 0.3) is 16.7 Å². The fourth-order valence-electron chi connectivity index (χ4n) is 1.92. The van der Waals surface area contributed by atoms with Crippen LogP contribution in [0.2, 0.25) is 0 Å². The number of hydrogen-bond acceptors (Lipinski definition) is 3. The molecule has 3 rings (SSSR count). The maximum Gasteiger partial charge on any atom is 0.165 e. The van der Waals surface area contributed by atoms with Crippen LogP contribution in [0.1, 0.15) is 5.56 Å². The third kappa shape index (κ3) is 1.67. The summed E-state index contributed by atoms with van der Waals surface area (Å²) in [5, 5.41) is 5.22. The second-order valence-corrected chi connectivity index (χ2v) is 4.96. The first-order valence-electron chi connectivity index (χ1n) is 5.52. The van der Waals surface area contributed by atoms with Gasteiger partial charge in [-0.3, -0.25) is 0 Å². The van der Waals surface area contributed by atoms with Crippen molar-refractivity contribution >= 4 is 32.8 Å². The molecule has 0 aliphatic carbocycles. The number of benzene rings is 1. The molecule has 0 aliphatic rings. The van der Waals surface area contributed by atoms with Gasteiger partial charge in [-0.1, -0.05) is 15.9 Å². The Morgan fingerprint density at radius 1 is 1.28 bits per heavy atom. The van der Waals surface area contributed by atoms with Crippen LogP contribution >= 0.6 is 15.9 Å². The number of fused-ring (bicyclic) bond motifs is 1. The fourth-order valence-corrected chi connectivity index (χ4v) is 2.16. The molecule has 0 aliphatic heterocycles.